The van der Waals surface area contributed by atoms with Gasteiger partial charge in [0.15, 0.2) is 0 Å². The summed E-state index contributed by atoms with van der Waals surface area (Å²) in [5, 5.41) is 0. The van der Waals surface area contributed by atoms with Crippen molar-refractivity contribution in [3.05, 3.63) is 29.5 Å². The van der Waals surface area contributed by atoms with Gasteiger partial charge in [0.25, 0.3) is 11.9 Å². The molecule has 2 nitrogen and oxygen atoms in total. The lowest BCUT2D eigenvalue weighted by Crippen LogP contribution is -1.73. The van der Waals surface area contributed by atoms with E-state index >= 15 is 0 Å². The molecule has 0 amide bonds. The van der Waals surface area contributed by atoms with Crippen LogP contribution in [0.5, 0.6) is 0 Å². The van der Waals surface area contributed by atoms with E-state index in [1.165, 1.54) is 6.08 Å². The molecule has 0 bridgehead atoms. The van der Waals surface area contributed by atoms with Gasteiger partial charge in [-0.2, -0.15) is 0 Å². The molecule has 4 N–H and O–H groups in total. The molecule has 0 aliphatic rings. The topological polar surface area (TPSA) is 52.0 Å². The maximum atomic E-state index is 4.84. The predicted octanol–water partition coefficient (Wildman–Crippen LogP) is -0.350. The van der Waals surface area contributed by atoms with Crippen LogP contribution in [0.4, 0.5) is 0 Å². The lowest BCUT2D eigenvalue weighted by atomic mass is 10.5. The van der Waals surface area contributed by atoms with Crippen LogP contribution in [0.3, 0.4) is 0 Å². The third-order valence-electron chi connectivity index (χ3n) is 0.558. The highest BCUT2D eigenvalue weighted by Crippen LogP contribution is 1.59. The molecule has 0 spiro atoms. The van der Waals surface area contributed by atoms with Gasteiger partial charge in [0.2, 0.25) is 5.73 Å². The first kappa shape index (κ1) is 8.71. The third kappa shape index (κ3) is 7.71. The van der Waals surface area contributed by atoms with Gasteiger partial charge in [-0.3, -0.25) is 5.73 Å². The summed E-state index contributed by atoms with van der Waals surface area (Å²) in [5.41, 5.74) is 17.0. The third-order valence-corrected chi connectivity index (χ3v) is 0.558. The Morgan fingerprint density at radius 2 is 2.09 bits per heavy atom. The molecular weight excluding hydrogens is 136 g/mol. The molecule has 0 aliphatic carbocycles. The Morgan fingerprint density at radius 3 is 2.73 bits per heavy atom. The molecule has 11 heavy (non-hydrogen) atoms. The Hall–Kier alpha value is -2.29. The van der Waals surface area contributed by atoms with Crippen LogP contribution in [-0.4, -0.2) is 0 Å². The SMILES string of the molecule is NC#CC#CC=C=C=C=[C+]N. The van der Waals surface area contributed by atoms with Crippen molar-refractivity contribution < 1.29 is 0 Å². The Bertz CT molecular complexity index is 350. The van der Waals surface area contributed by atoms with Crippen molar-refractivity contribution in [3.63, 3.8) is 0 Å². The van der Waals surface area contributed by atoms with Gasteiger partial charge in [-0.15, -0.1) is 0 Å². The number of nitrogens with two attached hydrogens (primary N) is 2. The molecule has 0 heterocycles. The van der Waals surface area contributed by atoms with Gasteiger partial charge in [-0.25, -0.2) is 0 Å². The standard InChI is InChI=1S/C9H5N2/c10-8-6-4-2-1-3-5-7-9-11/h1H,10-11H2/q+1. The average Bonchev–Trinajstić information content (AvgIpc) is 2.03. The lowest BCUT2D eigenvalue weighted by Gasteiger charge is -1.52. The highest BCUT2D eigenvalue weighted by Gasteiger charge is 1.59. The first-order valence-corrected chi connectivity index (χ1v) is 2.65. The number of hydrogen-bond acceptors (Lipinski definition) is 2. The second kappa shape index (κ2) is 7.71. The Balaban J connectivity index is 4.29. The zero-order chi connectivity index (χ0) is 8.36. The minimum Gasteiger partial charge on any atom is -0.359 e. The summed E-state index contributed by atoms with van der Waals surface area (Å²) in [6.07, 6.45) is 3.56. The van der Waals surface area contributed by atoms with Gasteiger partial charge < -0.3 is 5.73 Å². The van der Waals surface area contributed by atoms with Crippen molar-refractivity contribution in [2.45, 2.75) is 0 Å². The van der Waals surface area contributed by atoms with Crippen LogP contribution in [0.2, 0.25) is 0 Å². The Morgan fingerprint density at radius 1 is 1.27 bits per heavy atom. The number of allylic oxidation sites excluding steroid dienone is 1. The molecule has 0 radical (unpaired) electrons. The van der Waals surface area contributed by atoms with E-state index in [4.69, 9.17) is 11.5 Å². The number of rotatable bonds is 0. The van der Waals surface area contributed by atoms with Crippen LogP contribution in [0.1, 0.15) is 0 Å². The zero-order valence-electron chi connectivity index (χ0n) is 5.73. The molecule has 2 heteroatoms. The van der Waals surface area contributed by atoms with Gasteiger partial charge in [-0.05, 0) is 11.8 Å². The van der Waals surface area contributed by atoms with E-state index in [1.807, 2.05) is 0 Å². The second-order valence-corrected chi connectivity index (χ2v) is 1.22. The molecule has 50 valence electrons. The van der Waals surface area contributed by atoms with Crippen LogP contribution in [0.15, 0.2) is 23.3 Å². The van der Waals surface area contributed by atoms with Crippen LogP contribution in [0, 0.1) is 30.0 Å². The minimum atomic E-state index is 1.43. The van der Waals surface area contributed by atoms with E-state index in [9.17, 15) is 0 Å². The summed E-state index contributed by atoms with van der Waals surface area (Å²) < 4.78 is 0. The van der Waals surface area contributed by atoms with Crippen LogP contribution in [-0.2, 0) is 0 Å². The van der Waals surface area contributed by atoms with Gasteiger partial charge >= 0.3 is 0 Å². The normalized spacial score (nSPS) is 4.00. The van der Waals surface area contributed by atoms with Crippen LogP contribution < -0.4 is 11.5 Å². The van der Waals surface area contributed by atoms with Crippen LogP contribution in [0.25, 0.3) is 0 Å². The van der Waals surface area contributed by atoms with Crippen molar-refractivity contribution >= 4 is 0 Å². The first-order valence-electron chi connectivity index (χ1n) is 2.65. The van der Waals surface area contributed by atoms with Crippen molar-refractivity contribution in [1.29, 1.82) is 0 Å². The molecule has 0 rings (SSSR count). The van der Waals surface area contributed by atoms with E-state index in [-0.39, 0.29) is 0 Å². The minimum absolute atomic E-state index is 1.43. The molecule has 0 aromatic rings. The smallest absolute Gasteiger partial charge is 0.254 e. The monoisotopic (exact) mass is 141 g/mol. The van der Waals surface area contributed by atoms with Gasteiger partial charge in [-0.1, -0.05) is 0 Å². The molecular formula is C9H5N2+. The van der Waals surface area contributed by atoms with E-state index in [2.05, 4.69) is 47.2 Å². The van der Waals surface area contributed by atoms with Crippen LogP contribution >= 0.6 is 0 Å². The average molecular weight is 141 g/mol. The highest BCUT2D eigenvalue weighted by molar-refractivity contribution is 5.29. The van der Waals surface area contributed by atoms with Gasteiger partial charge in [0.1, 0.15) is 0 Å². The molecule has 0 aromatic carbocycles. The molecule has 0 aromatic heterocycles. The molecule has 0 aliphatic heterocycles. The van der Waals surface area contributed by atoms with Crippen molar-refractivity contribution in [2.24, 2.45) is 11.5 Å². The highest BCUT2D eigenvalue weighted by atomic mass is 14.5. The largest absolute Gasteiger partial charge is 0.359 e. The van der Waals surface area contributed by atoms with E-state index < -0.39 is 0 Å². The number of hydrogen-bond donors (Lipinski definition) is 2. The lowest BCUT2D eigenvalue weighted by molar-refractivity contribution is 1.55. The summed E-state index contributed by atoms with van der Waals surface area (Å²) in [6, 6.07) is 2.13. The fourth-order valence-corrected chi connectivity index (χ4v) is 0.253. The van der Waals surface area contributed by atoms with E-state index in [0.717, 1.165) is 0 Å². The summed E-state index contributed by atoms with van der Waals surface area (Å²) in [6.45, 7) is 0. The molecule has 0 saturated carbocycles. The van der Waals surface area contributed by atoms with E-state index in [1.54, 1.807) is 0 Å². The molecule has 0 unspecified atom stereocenters. The van der Waals surface area contributed by atoms with Crippen molar-refractivity contribution in [2.75, 3.05) is 0 Å². The Labute approximate surface area is 65.6 Å². The van der Waals surface area contributed by atoms with Gasteiger partial charge in [0, 0.05) is 12.0 Å². The summed E-state index contributed by atoms with van der Waals surface area (Å²) >= 11 is 0. The Kier molecular flexibility index (Phi) is 6.10. The predicted molar refractivity (Wildman–Crippen MR) is 42.3 cm³/mol. The first-order chi connectivity index (χ1) is 5.41. The zero-order valence-corrected chi connectivity index (χ0v) is 5.73. The summed E-state index contributed by atoms with van der Waals surface area (Å²) in [7, 11) is 0. The van der Waals surface area contributed by atoms with Crippen molar-refractivity contribution in [1.82, 2.24) is 0 Å². The fourth-order valence-electron chi connectivity index (χ4n) is 0.253. The maximum Gasteiger partial charge on any atom is 0.254 e. The van der Waals surface area contributed by atoms with Gasteiger partial charge in [0.05, 0.1) is 11.8 Å². The van der Waals surface area contributed by atoms with E-state index in [0.29, 0.717) is 0 Å². The molecule has 0 atom stereocenters. The quantitative estimate of drug-likeness (QED) is 0.210. The molecule has 0 saturated heterocycles. The summed E-state index contributed by atoms with van der Waals surface area (Å²) in [4.78, 5) is 0. The molecule has 0 fully saturated rings. The van der Waals surface area contributed by atoms with Crippen molar-refractivity contribution in [3.8, 4) is 23.8 Å². The maximum absolute atomic E-state index is 4.84. The summed E-state index contributed by atoms with van der Waals surface area (Å²) in [5.74, 6) is 7.32. The fraction of sp³-hybridized carbons (Fsp3) is 0. The second-order valence-electron chi connectivity index (χ2n) is 1.22.